The van der Waals surface area contributed by atoms with E-state index in [1.807, 2.05) is 0 Å². The quantitative estimate of drug-likeness (QED) is 0.721. The molecule has 4 rings (SSSR count). The second-order valence-corrected chi connectivity index (χ2v) is 6.79. The van der Waals surface area contributed by atoms with Gasteiger partial charge >= 0.3 is 0 Å². The molecule has 2 bridgehead atoms. The fourth-order valence-corrected chi connectivity index (χ4v) is 3.89. The van der Waals surface area contributed by atoms with Crippen LogP contribution in [0.2, 0.25) is 0 Å². The van der Waals surface area contributed by atoms with Gasteiger partial charge in [-0.15, -0.1) is 0 Å². The summed E-state index contributed by atoms with van der Waals surface area (Å²) in [6, 6.07) is 6.46. The van der Waals surface area contributed by atoms with Gasteiger partial charge in [-0.1, -0.05) is 31.6 Å². The molecule has 0 saturated heterocycles. The zero-order valence-corrected chi connectivity index (χ0v) is 12.5. The van der Waals surface area contributed by atoms with Crippen LogP contribution in [0.4, 0.5) is 0 Å². The van der Waals surface area contributed by atoms with Crippen molar-refractivity contribution in [2.24, 2.45) is 17.3 Å². The second-order valence-electron chi connectivity index (χ2n) is 6.79. The second kappa shape index (κ2) is 4.40. The molecule has 0 aromatic heterocycles. The van der Waals surface area contributed by atoms with E-state index in [0.29, 0.717) is 5.41 Å². The van der Waals surface area contributed by atoms with E-state index in [-0.39, 0.29) is 0 Å². The van der Waals surface area contributed by atoms with Gasteiger partial charge < -0.3 is 4.74 Å². The molecule has 0 N–H and O–H groups in total. The summed E-state index contributed by atoms with van der Waals surface area (Å²) >= 11 is 0. The number of benzene rings is 1. The predicted molar refractivity (Wildman–Crippen MR) is 79.5 cm³/mol. The van der Waals surface area contributed by atoms with Crippen LogP contribution in [0, 0.1) is 24.2 Å². The standard InChI is InChI=1S/C18H24O/c1-12-9-16(19-4)8-6-13(12)10-14-5-7-15-11-17(14)18(15,2)3/h5-6,8-9,15,17H,7,10-11H2,1-4H3/t15-,17-/m0/s1. The maximum absolute atomic E-state index is 5.29. The molecule has 0 spiro atoms. The molecule has 1 nitrogen and oxygen atoms in total. The van der Waals surface area contributed by atoms with Crippen LogP contribution in [0.15, 0.2) is 29.8 Å². The first-order chi connectivity index (χ1) is 9.02. The zero-order valence-electron chi connectivity index (χ0n) is 12.5. The van der Waals surface area contributed by atoms with Gasteiger partial charge in [-0.2, -0.15) is 0 Å². The topological polar surface area (TPSA) is 9.23 Å². The lowest BCUT2D eigenvalue weighted by atomic mass is 9.48. The van der Waals surface area contributed by atoms with Gasteiger partial charge in [0, 0.05) is 0 Å². The van der Waals surface area contributed by atoms with Gasteiger partial charge in [0.05, 0.1) is 7.11 Å². The van der Waals surface area contributed by atoms with Crippen molar-refractivity contribution in [2.75, 3.05) is 7.11 Å². The first-order valence-electron chi connectivity index (χ1n) is 7.35. The van der Waals surface area contributed by atoms with Crippen LogP contribution in [0.25, 0.3) is 0 Å². The number of hydrogen-bond donors (Lipinski definition) is 0. The number of hydrogen-bond acceptors (Lipinski definition) is 1. The third kappa shape index (κ3) is 2.00. The monoisotopic (exact) mass is 256 g/mol. The van der Waals surface area contributed by atoms with Crippen LogP contribution in [0.5, 0.6) is 5.75 Å². The molecule has 2 atom stereocenters. The molecule has 19 heavy (non-hydrogen) atoms. The van der Waals surface area contributed by atoms with Gasteiger partial charge in [0.1, 0.15) is 5.75 Å². The van der Waals surface area contributed by atoms with E-state index in [2.05, 4.69) is 45.0 Å². The van der Waals surface area contributed by atoms with E-state index in [9.17, 15) is 0 Å². The molecule has 1 fully saturated rings. The predicted octanol–water partition coefficient (Wildman–Crippen LogP) is 4.54. The maximum atomic E-state index is 5.29. The summed E-state index contributed by atoms with van der Waals surface area (Å²) < 4.78 is 5.29. The number of aryl methyl sites for hydroxylation is 1. The molecule has 0 unspecified atom stereocenters. The van der Waals surface area contributed by atoms with Gasteiger partial charge in [0.15, 0.2) is 0 Å². The molecule has 1 aromatic rings. The third-order valence-electron chi connectivity index (χ3n) is 5.53. The van der Waals surface area contributed by atoms with Gasteiger partial charge in [0.2, 0.25) is 0 Å². The number of fused-ring (bicyclic) bond motifs is 1. The van der Waals surface area contributed by atoms with Crippen molar-refractivity contribution < 1.29 is 4.74 Å². The summed E-state index contributed by atoms with van der Waals surface area (Å²) in [6.07, 6.45) is 6.33. The lowest BCUT2D eigenvalue weighted by molar-refractivity contribution is -0.00743. The average Bonchev–Trinajstić information content (AvgIpc) is 2.41. The highest BCUT2D eigenvalue weighted by Gasteiger charge is 2.50. The minimum Gasteiger partial charge on any atom is -0.497 e. The van der Waals surface area contributed by atoms with Crippen molar-refractivity contribution in [3.63, 3.8) is 0 Å². The highest BCUT2D eigenvalue weighted by molar-refractivity contribution is 5.38. The summed E-state index contributed by atoms with van der Waals surface area (Å²) in [5.74, 6) is 2.70. The summed E-state index contributed by atoms with van der Waals surface area (Å²) in [6.45, 7) is 7.08. The number of ether oxygens (including phenoxy) is 1. The van der Waals surface area contributed by atoms with Crippen LogP contribution in [-0.2, 0) is 6.42 Å². The van der Waals surface area contributed by atoms with E-state index in [1.54, 1.807) is 12.7 Å². The molecule has 0 radical (unpaired) electrons. The molecule has 1 aromatic carbocycles. The molecule has 0 aliphatic heterocycles. The van der Waals surface area contributed by atoms with E-state index in [4.69, 9.17) is 4.74 Å². The van der Waals surface area contributed by atoms with E-state index in [0.717, 1.165) is 24.0 Å². The molecule has 3 aliphatic carbocycles. The zero-order chi connectivity index (χ0) is 13.6. The van der Waals surface area contributed by atoms with Crippen LogP contribution >= 0.6 is 0 Å². The summed E-state index contributed by atoms with van der Waals surface area (Å²) in [5.41, 5.74) is 5.00. The maximum Gasteiger partial charge on any atom is 0.119 e. The molecule has 1 heteroatoms. The van der Waals surface area contributed by atoms with Crippen LogP contribution in [-0.4, -0.2) is 7.11 Å². The molecular weight excluding hydrogens is 232 g/mol. The van der Waals surface area contributed by atoms with Crippen molar-refractivity contribution in [1.82, 2.24) is 0 Å². The minimum atomic E-state index is 0.532. The van der Waals surface area contributed by atoms with Crippen molar-refractivity contribution in [1.29, 1.82) is 0 Å². The summed E-state index contributed by atoms with van der Waals surface area (Å²) in [7, 11) is 1.73. The smallest absolute Gasteiger partial charge is 0.119 e. The van der Waals surface area contributed by atoms with Crippen LogP contribution in [0.3, 0.4) is 0 Å². The molecule has 3 aliphatic rings. The molecule has 0 heterocycles. The Morgan fingerprint density at radius 2 is 2.11 bits per heavy atom. The van der Waals surface area contributed by atoms with E-state index < -0.39 is 0 Å². The van der Waals surface area contributed by atoms with Crippen molar-refractivity contribution in [3.8, 4) is 5.75 Å². The third-order valence-corrected chi connectivity index (χ3v) is 5.53. The summed E-state index contributed by atoms with van der Waals surface area (Å²) in [5, 5.41) is 0. The normalized spacial score (nSPS) is 27.5. The fraction of sp³-hybridized carbons (Fsp3) is 0.556. The first-order valence-corrected chi connectivity index (χ1v) is 7.35. The van der Waals surface area contributed by atoms with E-state index in [1.165, 1.54) is 24.0 Å². The van der Waals surface area contributed by atoms with Crippen molar-refractivity contribution in [3.05, 3.63) is 41.0 Å². The first kappa shape index (κ1) is 12.8. The number of methoxy groups -OCH3 is 1. The van der Waals surface area contributed by atoms with Crippen LogP contribution in [0.1, 0.15) is 37.8 Å². The Morgan fingerprint density at radius 1 is 1.32 bits per heavy atom. The average molecular weight is 256 g/mol. The number of allylic oxidation sites excluding steroid dienone is 2. The van der Waals surface area contributed by atoms with Crippen LogP contribution < -0.4 is 4.74 Å². The largest absolute Gasteiger partial charge is 0.497 e. The lowest BCUT2D eigenvalue weighted by Crippen LogP contribution is -2.48. The van der Waals surface area contributed by atoms with Gasteiger partial charge in [0.25, 0.3) is 0 Å². The Hall–Kier alpha value is -1.24. The number of rotatable bonds is 3. The van der Waals surface area contributed by atoms with Gasteiger partial charge in [-0.05, 0) is 66.7 Å². The lowest BCUT2D eigenvalue weighted by Gasteiger charge is -2.56. The molecule has 0 amide bonds. The molecule has 1 saturated carbocycles. The fourth-order valence-electron chi connectivity index (χ4n) is 3.89. The minimum absolute atomic E-state index is 0.532. The van der Waals surface area contributed by atoms with Gasteiger partial charge in [-0.3, -0.25) is 0 Å². The SMILES string of the molecule is COc1ccc(CC2=CC[C@H]3C[C@@H]2C3(C)C)c(C)c1. The summed E-state index contributed by atoms with van der Waals surface area (Å²) in [4.78, 5) is 0. The Kier molecular flexibility index (Phi) is 2.96. The van der Waals surface area contributed by atoms with Crippen molar-refractivity contribution >= 4 is 0 Å². The highest BCUT2D eigenvalue weighted by Crippen LogP contribution is 2.59. The molecule has 102 valence electrons. The Labute approximate surface area is 116 Å². The Morgan fingerprint density at radius 3 is 2.68 bits per heavy atom. The van der Waals surface area contributed by atoms with Gasteiger partial charge in [-0.25, -0.2) is 0 Å². The Balaban J connectivity index is 1.81. The van der Waals surface area contributed by atoms with Crippen molar-refractivity contribution in [2.45, 2.75) is 40.0 Å². The Bertz CT molecular complexity index is 524. The highest BCUT2D eigenvalue weighted by atomic mass is 16.5. The molecular formula is C18H24O. The van der Waals surface area contributed by atoms with E-state index >= 15 is 0 Å².